The maximum Gasteiger partial charge on any atom is 0.262 e. The number of anilines is 1. The van der Waals surface area contributed by atoms with Crippen LogP contribution < -0.4 is 10.1 Å². The first kappa shape index (κ1) is 20.2. The third-order valence-corrected chi connectivity index (χ3v) is 8.02. The molecule has 1 aromatic rings. The van der Waals surface area contributed by atoms with Crippen molar-refractivity contribution in [1.29, 1.82) is 0 Å². The highest BCUT2D eigenvalue weighted by molar-refractivity contribution is 7.89. The van der Waals surface area contributed by atoms with Gasteiger partial charge in [0.2, 0.25) is 15.9 Å². The van der Waals surface area contributed by atoms with Crippen LogP contribution in [0.4, 0.5) is 5.69 Å². The maximum atomic E-state index is 13.0. The molecule has 8 nitrogen and oxygen atoms in total. The van der Waals surface area contributed by atoms with E-state index in [1.807, 2.05) is 4.90 Å². The largest absolute Gasteiger partial charge is 0.482 e. The van der Waals surface area contributed by atoms with Gasteiger partial charge in [0.25, 0.3) is 5.91 Å². The van der Waals surface area contributed by atoms with Crippen LogP contribution in [0.15, 0.2) is 23.1 Å². The minimum atomic E-state index is -3.67. The Morgan fingerprint density at radius 1 is 1.10 bits per heavy atom. The molecule has 0 radical (unpaired) electrons. The summed E-state index contributed by atoms with van der Waals surface area (Å²) in [6.07, 6.45) is 3.17. The number of likely N-dealkylation sites (tertiary alicyclic amines) is 1. The van der Waals surface area contributed by atoms with Gasteiger partial charge < -0.3 is 15.0 Å². The molecule has 29 heavy (non-hydrogen) atoms. The molecule has 0 aromatic heterocycles. The number of benzene rings is 1. The molecule has 3 aliphatic heterocycles. The predicted molar refractivity (Wildman–Crippen MR) is 107 cm³/mol. The predicted octanol–water partition coefficient (Wildman–Crippen LogP) is 1.68. The smallest absolute Gasteiger partial charge is 0.262 e. The SMILES string of the molecule is CC1CCN(C(=O)C2CCN(S(=O)(=O)c3ccc4c(c3)OCC(=O)N4)CC2)CC1. The molecule has 158 valence electrons. The zero-order valence-electron chi connectivity index (χ0n) is 16.6. The molecule has 0 spiro atoms. The number of rotatable bonds is 3. The van der Waals surface area contributed by atoms with Crippen LogP contribution >= 0.6 is 0 Å². The van der Waals surface area contributed by atoms with Gasteiger partial charge in [0, 0.05) is 38.2 Å². The second kappa shape index (κ2) is 7.95. The number of carbonyl (C=O) groups is 2. The van der Waals surface area contributed by atoms with Crippen LogP contribution in [-0.2, 0) is 19.6 Å². The van der Waals surface area contributed by atoms with E-state index in [9.17, 15) is 18.0 Å². The zero-order chi connectivity index (χ0) is 20.6. The number of ether oxygens (including phenoxy) is 1. The van der Waals surface area contributed by atoms with Gasteiger partial charge in [-0.2, -0.15) is 4.31 Å². The molecule has 2 amide bonds. The minimum Gasteiger partial charge on any atom is -0.482 e. The van der Waals surface area contributed by atoms with Gasteiger partial charge in [0.05, 0.1) is 10.6 Å². The standard InChI is InChI=1S/C20H27N3O5S/c1-14-4-8-22(9-5-14)20(25)15-6-10-23(11-7-15)29(26,27)16-2-3-17-18(12-16)28-13-19(24)21-17/h2-3,12,14-15H,4-11,13H2,1H3,(H,21,24). The van der Waals surface area contributed by atoms with Crippen molar-refractivity contribution in [3.63, 3.8) is 0 Å². The molecule has 0 atom stereocenters. The monoisotopic (exact) mass is 421 g/mol. The van der Waals surface area contributed by atoms with E-state index >= 15 is 0 Å². The summed E-state index contributed by atoms with van der Waals surface area (Å²) in [5.41, 5.74) is 0.473. The molecular weight excluding hydrogens is 394 g/mol. The lowest BCUT2D eigenvalue weighted by Crippen LogP contribution is -2.46. The lowest BCUT2D eigenvalue weighted by atomic mass is 9.93. The molecule has 0 saturated carbocycles. The van der Waals surface area contributed by atoms with E-state index < -0.39 is 10.0 Å². The Balaban J connectivity index is 1.40. The minimum absolute atomic E-state index is 0.100. The van der Waals surface area contributed by atoms with E-state index in [2.05, 4.69) is 12.2 Å². The number of sulfonamides is 1. The van der Waals surface area contributed by atoms with Crippen LogP contribution in [0.25, 0.3) is 0 Å². The quantitative estimate of drug-likeness (QED) is 0.801. The van der Waals surface area contributed by atoms with Gasteiger partial charge in [-0.05, 0) is 43.7 Å². The fourth-order valence-corrected chi connectivity index (χ4v) is 5.68. The molecule has 9 heteroatoms. The number of piperidine rings is 2. The lowest BCUT2D eigenvalue weighted by molar-refractivity contribution is -0.138. The van der Waals surface area contributed by atoms with Crippen LogP contribution in [0, 0.1) is 11.8 Å². The number of nitrogens with one attached hydrogen (secondary N) is 1. The van der Waals surface area contributed by atoms with Crippen molar-refractivity contribution in [1.82, 2.24) is 9.21 Å². The topological polar surface area (TPSA) is 96.0 Å². The fourth-order valence-electron chi connectivity index (χ4n) is 4.19. The van der Waals surface area contributed by atoms with Gasteiger partial charge in [0.15, 0.2) is 6.61 Å². The highest BCUT2D eigenvalue weighted by Gasteiger charge is 2.35. The molecule has 0 unspecified atom stereocenters. The highest BCUT2D eigenvalue weighted by atomic mass is 32.2. The van der Waals surface area contributed by atoms with Crippen molar-refractivity contribution < 1.29 is 22.7 Å². The molecule has 0 bridgehead atoms. The first-order valence-electron chi connectivity index (χ1n) is 10.2. The summed E-state index contributed by atoms with van der Waals surface area (Å²) < 4.78 is 32.9. The normalized spacial score (nSPS) is 22.0. The van der Waals surface area contributed by atoms with Gasteiger partial charge in [-0.25, -0.2) is 8.42 Å². The second-order valence-electron chi connectivity index (χ2n) is 8.18. The van der Waals surface area contributed by atoms with Gasteiger partial charge in [0.1, 0.15) is 5.75 Å². The molecule has 2 saturated heterocycles. The van der Waals surface area contributed by atoms with Crippen molar-refractivity contribution in [2.75, 3.05) is 38.1 Å². The van der Waals surface area contributed by atoms with E-state index in [0.717, 1.165) is 25.9 Å². The van der Waals surface area contributed by atoms with Gasteiger partial charge >= 0.3 is 0 Å². The summed E-state index contributed by atoms with van der Waals surface area (Å²) >= 11 is 0. The van der Waals surface area contributed by atoms with E-state index in [4.69, 9.17) is 4.74 Å². The Kier molecular flexibility index (Phi) is 5.52. The van der Waals surface area contributed by atoms with Crippen molar-refractivity contribution >= 4 is 27.5 Å². The summed E-state index contributed by atoms with van der Waals surface area (Å²) in [4.78, 5) is 26.2. The zero-order valence-corrected chi connectivity index (χ0v) is 17.4. The number of nitrogens with zero attached hydrogens (tertiary/aromatic N) is 2. The maximum absolute atomic E-state index is 13.0. The third kappa shape index (κ3) is 4.11. The van der Waals surface area contributed by atoms with Gasteiger partial charge in [-0.15, -0.1) is 0 Å². The van der Waals surface area contributed by atoms with E-state index in [0.29, 0.717) is 43.3 Å². The molecule has 4 rings (SSSR count). The summed E-state index contributed by atoms with van der Waals surface area (Å²) in [7, 11) is -3.67. The van der Waals surface area contributed by atoms with Crippen LogP contribution in [-0.4, -0.2) is 62.2 Å². The molecule has 1 N–H and O–H groups in total. The average molecular weight is 422 g/mol. The summed E-state index contributed by atoms with van der Waals surface area (Å²) in [5, 5.41) is 2.66. The Morgan fingerprint density at radius 2 is 1.79 bits per heavy atom. The molecular formula is C20H27N3O5S. The summed E-state index contributed by atoms with van der Waals surface area (Å²) in [5.74, 6) is 0.835. The van der Waals surface area contributed by atoms with E-state index in [-0.39, 0.29) is 29.2 Å². The number of hydrogen-bond donors (Lipinski definition) is 1. The molecule has 3 aliphatic rings. The summed E-state index contributed by atoms with van der Waals surface area (Å²) in [6, 6.07) is 4.48. The van der Waals surface area contributed by atoms with E-state index in [1.165, 1.54) is 16.4 Å². The number of amides is 2. The van der Waals surface area contributed by atoms with Gasteiger partial charge in [-0.3, -0.25) is 9.59 Å². The number of carbonyl (C=O) groups excluding carboxylic acids is 2. The molecule has 0 aliphatic carbocycles. The lowest BCUT2D eigenvalue weighted by Gasteiger charge is -2.36. The Bertz CT molecular complexity index is 901. The fraction of sp³-hybridized carbons (Fsp3) is 0.600. The molecule has 2 fully saturated rings. The first-order valence-corrected chi connectivity index (χ1v) is 11.6. The Hall–Kier alpha value is -2.13. The Morgan fingerprint density at radius 3 is 2.48 bits per heavy atom. The van der Waals surface area contributed by atoms with Crippen LogP contribution in [0.2, 0.25) is 0 Å². The highest BCUT2D eigenvalue weighted by Crippen LogP contribution is 2.33. The van der Waals surface area contributed by atoms with Crippen molar-refractivity contribution in [3.8, 4) is 5.75 Å². The van der Waals surface area contributed by atoms with E-state index in [1.54, 1.807) is 6.07 Å². The van der Waals surface area contributed by atoms with Crippen molar-refractivity contribution in [2.45, 2.75) is 37.5 Å². The first-order chi connectivity index (χ1) is 13.8. The van der Waals surface area contributed by atoms with Crippen LogP contribution in [0.1, 0.15) is 32.6 Å². The average Bonchev–Trinajstić information content (AvgIpc) is 2.73. The number of hydrogen-bond acceptors (Lipinski definition) is 5. The third-order valence-electron chi connectivity index (χ3n) is 6.12. The van der Waals surface area contributed by atoms with Crippen molar-refractivity contribution in [3.05, 3.63) is 18.2 Å². The van der Waals surface area contributed by atoms with Crippen molar-refractivity contribution in [2.24, 2.45) is 11.8 Å². The van der Waals surface area contributed by atoms with Crippen LogP contribution in [0.5, 0.6) is 5.75 Å². The van der Waals surface area contributed by atoms with Crippen LogP contribution in [0.3, 0.4) is 0 Å². The van der Waals surface area contributed by atoms with Gasteiger partial charge in [-0.1, -0.05) is 6.92 Å². The molecule has 1 aromatic carbocycles. The summed E-state index contributed by atoms with van der Waals surface area (Å²) in [6.45, 7) is 4.37. The molecule has 3 heterocycles. The second-order valence-corrected chi connectivity index (χ2v) is 10.1. The number of fused-ring (bicyclic) bond motifs is 1. The Labute approximate surface area is 171 Å².